The molecule has 8 heteroatoms. The van der Waals surface area contributed by atoms with E-state index in [0.29, 0.717) is 5.16 Å². The van der Waals surface area contributed by atoms with Crippen molar-refractivity contribution < 1.29 is 4.79 Å². The number of nitrogens with one attached hydrogen (secondary N) is 3. The van der Waals surface area contributed by atoms with Crippen molar-refractivity contribution in [3.63, 3.8) is 0 Å². The van der Waals surface area contributed by atoms with Gasteiger partial charge in [0.15, 0.2) is 0 Å². The number of aryl methyl sites for hydroxylation is 1. The van der Waals surface area contributed by atoms with Crippen LogP contribution in [0.25, 0.3) is 11.0 Å². The second-order valence-corrected chi connectivity index (χ2v) is 6.10. The minimum atomic E-state index is -0.135. The lowest BCUT2D eigenvalue weighted by molar-refractivity contribution is -0.119. The van der Waals surface area contributed by atoms with Crippen LogP contribution in [-0.4, -0.2) is 36.8 Å². The summed E-state index contributed by atoms with van der Waals surface area (Å²) >= 11 is 1.31. The summed E-state index contributed by atoms with van der Waals surface area (Å²) in [5.74, 6) is 1.72. The zero-order valence-electron chi connectivity index (χ0n) is 13.0. The molecule has 0 fully saturated rings. The number of imidazole rings is 1. The molecule has 0 aliphatic rings. The molecule has 1 atom stereocenters. The zero-order chi connectivity index (χ0) is 16.2. The Bertz CT molecular complexity index is 778. The maximum atomic E-state index is 12.1. The van der Waals surface area contributed by atoms with Crippen LogP contribution in [0.1, 0.15) is 31.0 Å². The van der Waals surface area contributed by atoms with Crippen LogP contribution in [0.3, 0.4) is 0 Å². The molecule has 0 radical (unpaired) electrons. The van der Waals surface area contributed by atoms with Crippen molar-refractivity contribution in [3.05, 3.63) is 35.9 Å². The number of benzene rings is 1. The van der Waals surface area contributed by atoms with E-state index < -0.39 is 0 Å². The van der Waals surface area contributed by atoms with Crippen LogP contribution in [0.5, 0.6) is 0 Å². The smallest absolute Gasteiger partial charge is 0.231 e. The minimum Gasteiger partial charge on any atom is -0.345 e. The quantitative estimate of drug-likeness (QED) is 0.603. The molecule has 120 valence electrons. The van der Waals surface area contributed by atoms with Crippen molar-refractivity contribution in [3.8, 4) is 0 Å². The second kappa shape index (κ2) is 6.82. The predicted octanol–water partition coefficient (Wildman–Crippen LogP) is 2.35. The topological polar surface area (TPSA) is 99.3 Å². The summed E-state index contributed by atoms with van der Waals surface area (Å²) in [4.78, 5) is 24.1. The summed E-state index contributed by atoms with van der Waals surface area (Å²) in [7, 11) is 0. The van der Waals surface area contributed by atoms with E-state index in [4.69, 9.17) is 0 Å². The van der Waals surface area contributed by atoms with Crippen LogP contribution in [-0.2, 0) is 4.79 Å². The van der Waals surface area contributed by atoms with Gasteiger partial charge in [-0.2, -0.15) is 0 Å². The molecule has 23 heavy (non-hydrogen) atoms. The van der Waals surface area contributed by atoms with Gasteiger partial charge >= 0.3 is 0 Å². The normalized spacial score (nSPS) is 12.4. The molecule has 3 aromatic rings. The van der Waals surface area contributed by atoms with Crippen molar-refractivity contribution in [1.82, 2.24) is 30.5 Å². The summed E-state index contributed by atoms with van der Waals surface area (Å²) in [5.41, 5.74) is 1.88. The van der Waals surface area contributed by atoms with Gasteiger partial charge < -0.3 is 10.3 Å². The Hall–Kier alpha value is -2.35. The minimum absolute atomic E-state index is 0.0650. The molecule has 0 saturated heterocycles. The first-order valence-electron chi connectivity index (χ1n) is 7.41. The number of para-hydroxylation sites is 2. The Morgan fingerprint density at radius 3 is 2.87 bits per heavy atom. The van der Waals surface area contributed by atoms with Gasteiger partial charge in [0.25, 0.3) is 0 Å². The average molecular weight is 330 g/mol. The van der Waals surface area contributed by atoms with E-state index in [1.807, 2.05) is 38.1 Å². The summed E-state index contributed by atoms with van der Waals surface area (Å²) in [5, 5.41) is 10.3. The van der Waals surface area contributed by atoms with Gasteiger partial charge in [-0.15, -0.1) is 5.10 Å². The van der Waals surface area contributed by atoms with E-state index >= 15 is 0 Å². The van der Waals surface area contributed by atoms with Crippen LogP contribution in [0.2, 0.25) is 0 Å². The Kier molecular flexibility index (Phi) is 4.61. The van der Waals surface area contributed by atoms with E-state index in [2.05, 4.69) is 30.5 Å². The number of thioether (sulfide) groups is 1. The number of aromatic nitrogens is 5. The molecule has 3 rings (SSSR count). The monoisotopic (exact) mass is 330 g/mol. The maximum absolute atomic E-state index is 12.1. The molecule has 0 aliphatic carbocycles. The number of aromatic amines is 2. The van der Waals surface area contributed by atoms with Crippen LogP contribution >= 0.6 is 11.8 Å². The van der Waals surface area contributed by atoms with E-state index in [9.17, 15) is 4.79 Å². The summed E-state index contributed by atoms with van der Waals surface area (Å²) in [6.45, 7) is 3.84. The summed E-state index contributed by atoms with van der Waals surface area (Å²) < 4.78 is 0. The lowest BCUT2D eigenvalue weighted by Gasteiger charge is -2.14. The van der Waals surface area contributed by atoms with E-state index in [-0.39, 0.29) is 17.7 Å². The molecular formula is C15H18N6OS. The SMILES string of the molecule is CCC(NC(=O)CSc1n[nH]c(C)n1)c1nc2ccccc2[nH]1. The molecule has 0 saturated carbocycles. The number of fused-ring (bicyclic) bond motifs is 1. The van der Waals surface area contributed by atoms with Crippen LogP contribution in [0.15, 0.2) is 29.4 Å². The van der Waals surface area contributed by atoms with Crippen molar-refractivity contribution >= 4 is 28.7 Å². The highest BCUT2D eigenvalue weighted by molar-refractivity contribution is 7.99. The van der Waals surface area contributed by atoms with Gasteiger partial charge in [0.05, 0.1) is 22.8 Å². The first kappa shape index (κ1) is 15.5. The Labute approximate surface area is 137 Å². The van der Waals surface area contributed by atoms with Crippen LogP contribution < -0.4 is 5.32 Å². The molecule has 0 aliphatic heterocycles. The fourth-order valence-corrected chi connectivity index (χ4v) is 2.91. The van der Waals surface area contributed by atoms with E-state index in [1.165, 1.54) is 11.8 Å². The number of nitrogens with zero attached hydrogens (tertiary/aromatic N) is 3. The van der Waals surface area contributed by atoms with Crippen LogP contribution in [0, 0.1) is 6.92 Å². The van der Waals surface area contributed by atoms with Gasteiger partial charge in [-0.3, -0.25) is 9.89 Å². The second-order valence-electron chi connectivity index (χ2n) is 5.16. The van der Waals surface area contributed by atoms with E-state index in [1.54, 1.807) is 0 Å². The zero-order valence-corrected chi connectivity index (χ0v) is 13.8. The molecule has 1 unspecified atom stereocenters. The number of hydrogen-bond donors (Lipinski definition) is 3. The highest BCUT2D eigenvalue weighted by Gasteiger charge is 2.17. The number of hydrogen-bond acceptors (Lipinski definition) is 5. The van der Waals surface area contributed by atoms with Crippen LogP contribution in [0.4, 0.5) is 0 Å². The third kappa shape index (κ3) is 3.70. The lowest BCUT2D eigenvalue weighted by atomic mass is 10.2. The average Bonchev–Trinajstić information content (AvgIpc) is 3.16. The summed E-state index contributed by atoms with van der Waals surface area (Å²) in [6.07, 6.45) is 0.760. The molecule has 7 nitrogen and oxygen atoms in total. The van der Waals surface area contributed by atoms with Gasteiger partial charge in [0.2, 0.25) is 11.1 Å². The molecule has 1 aromatic carbocycles. The molecule has 2 aromatic heterocycles. The highest BCUT2D eigenvalue weighted by Crippen LogP contribution is 2.19. The Morgan fingerprint density at radius 2 is 2.17 bits per heavy atom. The predicted molar refractivity (Wildman–Crippen MR) is 89.1 cm³/mol. The number of rotatable bonds is 6. The number of carbonyl (C=O) groups excluding carboxylic acids is 1. The largest absolute Gasteiger partial charge is 0.345 e. The van der Waals surface area contributed by atoms with Gasteiger partial charge in [-0.25, -0.2) is 9.97 Å². The molecular weight excluding hydrogens is 312 g/mol. The van der Waals surface area contributed by atoms with Crippen molar-refractivity contribution in [2.45, 2.75) is 31.5 Å². The lowest BCUT2D eigenvalue weighted by Crippen LogP contribution is -2.30. The Balaban J connectivity index is 1.63. The van der Waals surface area contributed by atoms with Gasteiger partial charge in [-0.1, -0.05) is 30.8 Å². The van der Waals surface area contributed by atoms with Crippen molar-refractivity contribution in [2.75, 3.05) is 5.75 Å². The number of H-pyrrole nitrogens is 2. The van der Waals surface area contributed by atoms with E-state index in [0.717, 1.165) is 29.1 Å². The molecule has 2 heterocycles. The summed E-state index contributed by atoms with van der Waals surface area (Å²) in [6, 6.07) is 7.69. The van der Waals surface area contributed by atoms with Gasteiger partial charge in [-0.05, 0) is 25.5 Å². The van der Waals surface area contributed by atoms with Gasteiger partial charge in [0, 0.05) is 0 Å². The van der Waals surface area contributed by atoms with Crippen molar-refractivity contribution in [2.24, 2.45) is 0 Å². The fourth-order valence-electron chi connectivity index (χ4n) is 2.25. The Morgan fingerprint density at radius 1 is 1.35 bits per heavy atom. The first-order valence-corrected chi connectivity index (χ1v) is 8.40. The number of amides is 1. The third-order valence-corrected chi connectivity index (χ3v) is 4.24. The highest BCUT2D eigenvalue weighted by atomic mass is 32.2. The molecule has 3 N–H and O–H groups in total. The maximum Gasteiger partial charge on any atom is 0.231 e. The third-order valence-electron chi connectivity index (χ3n) is 3.39. The molecule has 0 spiro atoms. The van der Waals surface area contributed by atoms with Gasteiger partial charge in [0.1, 0.15) is 11.6 Å². The molecule has 0 bridgehead atoms. The standard InChI is InChI=1S/C15H18N6OS/c1-3-10(14-18-11-6-4-5-7-12(11)19-14)17-13(22)8-23-15-16-9(2)20-21-15/h4-7,10H,3,8H2,1-2H3,(H,17,22)(H,18,19)(H,16,20,21). The molecule has 1 amide bonds. The van der Waals surface area contributed by atoms with Crippen molar-refractivity contribution in [1.29, 1.82) is 0 Å². The number of carbonyl (C=O) groups is 1. The fraction of sp³-hybridized carbons (Fsp3) is 0.333. The first-order chi connectivity index (χ1) is 11.2.